The monoisotopic (exact) mass is 218 g/mol. The number of hydrogen-bond acceptors (Lipinski definition) is 2. The summed E-state index contributed by atoms with van der Waals surface area (Å²) in [4.78, 5) is 27.5. The van der Waals surface area contributed by atoms with Crippen LogP contribution in [0.25, 0.3) is 0 Å². The van der Waals surface area contributed by atoms with Gasteiger partial charge in [0.1, 0.15) is 0 Å². The lowest BCUT2D eigenvalue weighted by molar-refractivity contribution is 0.256. The first-order valence-electron chi connectivity index (χ1n) is 4.35. The Morgan fingerprint density at radius 2 is 1.19 bits per heavy atom. The van der Waals surface area contributed by atoms with Gasteiger partial charge in [0.05, 0.1) is 0 Å². The minimum absolute atomic E-state index is 0.718. The van der Waals surface area contributed by atoms with Crippen LogP contribution in [0.2, 0.25) is 0 Å². The number of rotatable bonds is 2. The predicted molar refractivity (Wildman–Crippen MR) is 60.8 cm³/mol. The van der Waals surface area contributed by atoms with E-state index in [0.717, 1.165) is 11.1 Å². The van der Waals surface area contributed by atoms with E-state index in [1.54, 1.807) is 24.3 Å². The van der Waals surface area contributed by atoms with Gasteiger partial charge in [-0.15, -0.1) is 0 Å². The van der Waals surface area contributed by atoms with Crippen molar-refractivity contribution in [1.82, 2.24) is 0 Å². The minimum atomic E-state index is -0.751. The molecule has 0 aliphatic carbocycles. The third-order valence-corrected chi connectivity index (χ3v) is 1.62. The van der Waals surface area contributed by atoms with Crippen LogP contribution >= 0.6 is 0 Å². The van der Waals surface area contributed by atoms with E-state index >= 15 is 0 Å². The van der Waals surface area contributed by atoms with E-state index in [2.05, 4.69) is 9.98 Å². The van der Waals surface area contributed by atoms with Crippen LogP contribution in [0, 0.1) is 0 Å². The van der Waals surface area contributed by atoms with Gasteiger partial charge in [0.2, 0.25) is 0 Å². The second kappa shape index (κ2) is 5.40. The molecule has 0 saturated carbocycles. The fourth-order valence-electron chi connectivity index (χ4n) is 0.944. The lowest BCUT2D eigenvalue weighted by Crippen LogP contribution is -2.04. The SMILES string of the molecule is NC(=O)/N=C/c1ccc(/C=N/C(N)=O)cc1. The second-order valence-corrected chi connectivity index (χ2v) is 2.86. The molecule has 0 saturated heterocycles. The number of amides is 4. The first-order chi connectivity index (χ1) is 7.58. The van der Waals surface area contributed by atoms with Gasteiger partial charge >= 0.3 is 12.1 Å². The first-order valence-corrected chi connectivity index (χ1v) is 4.35. The summed E-state index contributed by atoms with van der Waals surface area (Å²) in [6, 6.07) is 5.31. The Bertz CT molecular complexity index is 405. The smallest absolute Gasteiger partial charge is 0.338 e. The Hall–Kier alpha value is -2.50. The molecule has 0 atom stereocenters. The van der Waals surface area contributed by atoms with Crippen molar-refractivity contribution in [1.29, 1.82) is 0 Å². The molecule has 0 unspecified atom stereocenters. The van der Waals surface area contributed by atoms with Crippen molar-refractivity contribution in [2.24, 2.45) is 21.5 Å². The van der Waals surface area contributed by atoms with Gasteiger partial charge in [-0.1, -0.05) is 24.3 Å². The number of nitrogens with two attached hydrogens (primary N) is 2. The summed E-state index contributed by atoms with van der Waals surface area (Å²) in [5.74, 6) is 0. The summed E-state index contributed by atoms with van der Waals surface area (Å²) in [5, 5.41) is 0. The van der Waals surface area contributed by atoms with Crippen LogP contribution in [0.1, 0.15) is 11.1 Å². The van der Waals surface area contributed by atoms with Gasteiger partial charge < -0.3 is 11.5 Å². The number of urea groups is 2. The van der Waals surface area contributed by atoms with Crippen molar-refractivity contribution in [2.75, 3.05) is 0 Å². The van der Waals surface area contributed by atoms with Crippen LogP contribution in [0.15, 0.2) is 34.3 Å². The summed E-state index contributed by atoms with van der Waals surface area (Å²) in [7, 11) is 0. The zero-order valence-electron chi connectivity index (χ0n) is 8.33. The number of carbonyl (C=O) groups is 2. The molecule has 0 fully saturated rings. The highest BCUT2D eigenvalue weighted by Gasteiger charge is 1.91. The number of nitrogens with zero attached hydrogens (tertiary/aromatic N) is 2. The van der Waals surface area contributed by atoms with Gasteiger partial charge in [-0.3, -0.25) is 0 Å². The zero-order chi connectivity index (χ0) is 12.0. The van der Waals surface area contributed by atoms with E-state index in [-0.39, 0.29) is 0 Å². The van der Waals surface area contributed by atoms with Crippen molar-refractivity contribution in [3.05, 3.63) is 35.4 Å². The lowest BCUT2D eigenvalue weighted by Gasteiger charge is -1.93. The van der Waals surface area contributed by atoms with Crippen LogP contribution in [0.5, 0.6) is 0 Å². The summed E-state index contributed by atoms with van der Waals surface area (Å²) in [6.07, 6.45) is 2.69. The molecule has 0 aliphatic rings. The number of aliphatic imine (C=N–C) groups is 2. The quantitative estimate of drug-likeness (QED) is 0.711. The molecule has 4 amide bonds. The molecule has 4 N–H and O–H groups in total. The van der Waals surface area contributed by atoms with E-state index in [0.29, 0.717) is 0 Å². The molecule has 1 aromatic carbocycles. The van der Waals surface area contributed by atoms with Gasteiger partial charge in [0.25, 0.3) is 0 Å². The molecule has 0 aliphatic heterocycles. The summed E-state index contributed by atoms with van der Waals surface area (Å²) >= 11 is 0. The summed E-state index contributed by atoms with van der Waals surface area (Å²) in [6.45, 7) is 0. The Kier molecular flexibility index (Phi) is 3.90. The van der Waals surface area contributed by atoms with Crippen LogP contribution in [-0.4, -0.2) is 24.5 Å². The molecule has 82 valence electrons. The van der Waals surface area contributed by atoms with Crippen molar-refractivity contribution < 1.29 is 9.59 Å². The van der Waals surface area contributed by atoms with E-state index in [9.17, 15) is 9.59 Å². The van der Waals surface area contributed by atoms with Gasteiger partial charge in [-0.2, -0.15) is 0 Å². The largest absolute Gasteiger partial charge is 0.350 e. The molecule has 0 heterocycles. The standard InChI is InChI=1S/C10H10N4O2/c11-9(15)13-5-7-1-2-8(4-3-7)6-14-10(12)16/h1-6H,(H2,11,15)(H2,12,16)/b13-5+,14-6+. The molecule has 1 rings (SSSR count). The normalized spacial score (nSPS) is 11.0. The van der Waals surface area contributed by atoms with Gasteiger partial charge in [-0.25, -0.2) is 19.6 Å². The van der Waals surface area contributed by atoms with Crippen LogP contribution < -0.4 is 11.5 Å². The highest BCUT2D eigenvalue weighted by Crippen LogP contribution is 2.00. The minimum Gasteiger partial charge on any atom is -0.350 e. The molecular weight excluding hydrogens is 208 g/mol. The molecule has 0 bridgehead atoms. The van der Waals surface area contributed by atoms with Crippen molar-refractivity contribution >= 4 is 24.5 Å². The van der Waals surface area contributed by atoms with E-state index < -0.39 is 12.1 Å². The summed E-state index contributed by atoms with van der Waals surface area (Å²) in [5.41, 5.74) is 11.1. The fourth-order valence-corrected chi connectivity index (χ4v) is 0.944. The zero-order valence-corrected chi connectivity index (χ0v) is 8.33. The lowest BCUT2D eigenvalue weighted by atomic mass is 10.2. The van der Waals surface area contributed by atoms with E-state index in [1.807, 2.05) is 0 Å². The van der Waals surface area contributed by atoms with E-state index in [1.165, 1.54) is 12.4 Å². The van der Waals surface area contributed by atoms with Crippen molar-refractivity contribution in [3.63, 3.8) is 0 Å². The highest BCUT2D eigenvalue weighted by atomic mass is 16.2. The van der Waals surface area contributed by atoms with Gasteiger partial charge in [0.15, 0.2) is 0 Å². The second-order valence-electron chi connectivity index (χ2n) is 2.86. The average molecular weight is 218 g/mol. The third-order valence-electron chi connectivity index (χ3n) is 1.62. The predicted octanol–water partition coefficient (Wildman–Crippen LogP) is 0.682. The number of carbonyl (C=O) groups excluding carboxylic acids is 2. The molecule has 6 nitrogen and oxygen atoms in total. The van der Waals surface area contributed by atoms with E-state index in [4.69, 9.17) is 11.5 Å². The molecule has 1 aromatic rings. The Balaban J connectivity index is 2.75. The van der Waals surface area contributed by atoms with Crippen molar-refractivity contribution in [2.45, 2.75) is 0 Å². The topological polar surface area (TPSA) is 111 Å². The molecule has 0 spiro atoms. The average Bonchev–Trinajstić information content (AvgIpc) is 2.25. The van der Waals surface area contributed by atoms with Gasteiger partial charge in [0, 0.05) is 12.4 Å². The Morgan fingerprint density at radius 1 is 0.875 bits per heavy atom. The number of hydrogen-bond donors (Lipinski definition) is 2. The van der Waals surface area contributed by atoms with Crippen molar-refractivity contribution in [3.8, 4) is 0 Å². The molecular formula is C10H10N4O2. The van der Waals surface area contributed by atoms with Gasteiger partial charge in [-0.05, 0) is 11.1 Å². The molecule has 0 aromatic heterocycles. The summed E-state index contributed by atoms with van der Waals surface area (Å²) < 4.78 is 0. The maximum atomic E-state index is 10.4. The van der Waals surface area contributed by atoms with Crippen LogP contribution in [0.4, 0.5) is 9.59 Å². The molecule has 16 heavy (non-hydrogen) atoms. The van der Waals surface area contributed by atoms with Crippen LogP contribution in [0.3, 0.4) is 0 Å². The molecule has 0 radical (unpaired) electrons. The third kappa shape index (κ3) is 4.14. The number of primary amides is 2. The maximum Gasteiger partial charge on any atom is 0.338 e. The van der Waals surface area contributed by atoms with Crippen LogP contribution in [-0.2, 0) is 0 Å². The Labute approximate surface area is 91.7 Å². The number of benzene rings is 1. The fraction of sp³-hybridized carbons (Fsp3) is 0. The highest BCUT2D eigenvalue weighted by molar-refractivity contribution is 5.93. The first kappa shape index (κ1) is 11.6. The Morgan fingerprint density at radius 3 is 1.44 bits per heavy atom. The molecule has 6 heteroatoms. The maximum absolute atomic E-state index is 10.4.